The second-order valence-electron chi connectivity index (χ2n) is 5.28. The highest BCUT2D eigenvalue weighted by Crippen LogP contribution is 2.23. The number of rotatable bonds is 6. The Labute approximate surface area is 102 Å². The van der Waals surface area contributed by atoms with Crippen molar-refractivity contribution in [3.05, 3.63) is 0 Å². The molecule has 5 nitrogen and oxygen atoms in total. The zero-order valence-electron chi connectivity index (χ0n) is 11.1. The van der Waals surface area contributed by atoms with Gasteiger partial charge in [-0.15, -0.1) is 0 Å². The minimum absolute atomic E-state index is 0.244. The molecule has 0 fully saturated rings. The van der Waals surface area contributed by atoms with Gasteiger partial charge in [0.15, 0.2) is 0 Å². The molecule has 0 aromatic rings. The molecule has 17 heavy (non-hydrogen) atoms. The van der Waals surface area contributed by atoms with Crippen molar-refractivity contribution in [2.24, 2.45) is 11.3 Å². The predicted octanol–water partition coefficient (Wildman–Crippen LogP) is 2.69. The third kappa shape index (κ3) is 6.81. The number of carboxylic acid groups (broad SMARTS) is 1. The fourth-order valence-corrected chi connectivity index (χ4v) is 1.28. The fourth-order valence-electron chi connectivity index (χ4n) is 1.28. The topological polar surface area (TPSA) is 72.8 Å². The smallest absolute Gasteiger partial charge is 0.481 e. The Morgan fingerprint density at radius 2 is 1.76 bits per heavy atom. The second-order valence-corrected chi connectivity index (χ2v) is 5.28. The van der Waals surface area contributed by atoms with Crippen LogP contribution in [0.15, 0.2) is 0 Å². The van der Waals surface area contributed by atoms with E-state index in [0.717, 1.165) is 0 Å². The van der Waals surface area contributed by atoms with Gasteiger partial charge in [0.25, 0.3) is 0 Å². The molecule has 0 aliphatic carbocycles. The highest BCUT2D eigenvalue weighted by Gasteiger charge is 2.30. The number of aliphatic carboxylic acids is 1. The van der Waals surface area contributed by atoms with Crippen molar-refractivity contribution in [1.29, 1.82) is 0 Å². The molecule has 1 N–H and O–H groups in total. The van der Waals surface area contributed by atoms with Crippen LogP contribution in [0.4, 0.5) is 4.79 Å². The average Bonchev–Trinajstić information content (AvgIpc) is 2.13. The van der Waals surface area contributed by atoms with E-state index in [9.17, 15) is 9.59 Å². The van der Waals surface area contributed by atoms with Crippen LogP contribution in [-0.2, 0) is 14.3 Å². The molecule has 0 saturated carbocycles. The third-order valence-corrected chi connectivity index (χ3v) is 2.21. The van der Waals surface area contributed by atoms with Crippen molar-refractivity contribution in [3.8, 4) is 0 Å². The van der Waals surface area contributed by atoms with Crippen LogP contribution < -0.4 is 0 Å². The first-order chi connectivity index (χ1) is 7.65. The van der Waals surface area contributed by atoms with Crippen LogP contribution in [0.5, 0.6) is 0 Å². The number of hydrogen-bond donors (Lipinski definition) is 1. The Hall–Kier alpha value is -1.26. The van der Waals surface area contributed by atoms with Crippen LogP contribution in [0, 0.1) is 11.3 Å². The van der Waals surface area contributed by atoms with E-state index in [1.54, 1.807) is 20.8 Å². The Morgan fingerprint density at radius 3 is 2.18 bits per heavy atom. The molecule has 0 bridgehead atoms. The fraction of sp³-hybridized carbons (Fsp3) is 0.833. The van der Waals surface area contributed by atoms with Crippen molar-refractivity contribution in [2.75, 3.05) is 6.61 Å². The van der Waals surface area contributed by atoms with Gasteiger partial charge in [0.2, 0.25) is 0 Å². The third-order valence-electron chi connectivity index (χ3n) is 2.21. The number of ether oxygens (including phenoxy) is 2. The van der Waals surface area contributed by atoms with E-state index in [1.807, 2.05) is 13.8 Å². The molecule has 0 heterocycles. The number of carboxylic acids is 1. The average molecular weight is 246 g/mol. The first-order valence-electron chi connectivity index (χ1n) is 5.72. The summed E-state index contributed by atoms with van der Waals surface area (Å²) in [6.07, 6.45) is -0.979. The van der Waals surface area contributed by atoms with Gasteiger partial charge in [-0.25, -0.2) is 4.79 Å². The van der Waals surface area contributed by atoms with Gasteiger partial charge in [-0.3, -0.25) is 4.79 Å². The van der Waals surface area contributed by atoms with Crippen molar-refractivity contribution in [2.45, 2.75) is 47.1 Å². The van der Waals surface area contributed by atoms with Crippen LogP contribution in [0.1, 0.15) is 41.0 Å². The lowest BCUT2D eigenvalue weighted by Crippen LogP contribution is -2.30. The SMILES string of the molecule is CC(C)COC(=O)OC(C)CC(C)(C)C(=O)O. The second kappa shape index (κ2) is 6.47. The normalized spacial score (nSPS) is 13.3. The highest BCUT2D eigenvalue weighted by molar-refractivity contribution is 5.73. The zero-order valence-corrected chi connectivity index (χ0v) is 11.1. The van der Waals surface area contributed by atoms with Crippen molar-refractivity contribution in [3.63, 3.8) is 0 Å². The summed E-state index contributed by atoms with van der Waals surface area (Å²) >= 11 is 0. The van der Waals surface area contributed by atoms with Gasteiger partial charge in [0.05, 0.1) is 12.0 Å². The summed E-state index contributed by atoms with van der Waals surface area (Å²) in [6.45, 7) is 8.98. The summed E-state index contributed by atoms with van der Waals surface area (Å²) < 4.78 is 9.80. The molecule has 0 spiro atoms. The molecule has 0 aliphatic heterocycles. The van der Waals surface area contributed by atoms with Gasteiger partial charge in [-0.1, -0.05) is 13.8 Å². The van der Waals surface area contributed by atoms with E-state index in [-0.39, 0.29) is 12.3 Å². The largest absolute Gasteiger partial charge is 0.508 e. The van der Waals surface area contributed by atoms with Gasteiger partial charge in [-0.2, -0.15) is 0 Å². The summed E-state index contributed by atoms with van der Waals surface area (Å²) in [4.78, 5) is 22.1. The summed E-state index contributed by atoms with van der Waals surface area (Å²) in [6, 6.07) is 0. The maximum Gasteiger partial charge on any atom is 0.508 e. The van der Waals surface area contributed by atoms with Crippen LogP contribution in [0.2, 0.25) is 0 Å². The molecule has 0 saturated heterocycles. The Bertz CT molecular complexity index is 270. The molecule has 0 aromatic carbocycles. The number of carbonyl (C=O) groups is 2. The first kappa shape index (κ1) is 15.7. The highest BCUT2D eigenvalue weighted by atomic mass is 16.7. The molecule has 0 amide bonds. The number of hydrogen-bond acceptors (Lipinski definition) is 4. The van der Waals surface area contributed by atoms with E-state index in [1.165, 1.54) is 0 Å². The van der Waals surface area contributed by atoms with Crippen LogP contribution in [-0.4, -0.2) is 29.9 Å². The molecular weight excluding hydrogens is 224 g/mol. The molecule has 5 heteroatoms. The lowest BCUT2D eigenvalue weighted by atomic mass is 9.87. The lowest BCUT2D eigenvalue weighted by molar-refractivity contribution is -0.148. The molecule has 1 atom stereocenters. The van der Waals surface area contributed by atoms with Gasteiger partial charge in [0, 0.05) is 0 Å². The molecule has 0 radical (unpaired) electrons. The number of carbonyl (C=O) groups excluding carboxylic acids is 1. The Morgan fingerprint density at radius 1 is 1.24 bits per heavy atom. The molecule has 0 rings (SSSR count). The Kier molecular flexibility index (Phi) is 5.99. The molecular formula is C12H22O5. The molecule has 100 valence electrons. The van der Waals surface area contributed by atoms with Gasteiger partial charge in [0.1, 0.15) is 6.10 Å². The minimum Gasteiger partial charge on any atom is -0.481 e. The summed E-state index contributed by atoms with van der Waals surface area (Å²) in [5.41, 5.74) is -0.919. The first-order valence-corrected chi connectivity index (χ1v) is 5.72. The van der Waals surface area contributed by atoms with Crippen molar-refractivity contribution in [1.82, 2.24) is 0 Å². The summed E-state index contributed by atoms with van der Waals surface area (Å²) in [5, 5.41) is 8.93. The lowest BCUT2D eigenvalue weighted by Gasteiger charge is -2.23. The minimum atomic E-state index is -0.919. The maximum absolute atomic E-state index is 11.2. The van der Waals surface area contributed by atoms with E-state index in [2.05, 4.69) is 0 Å². The van der Waals surface area contributed by atoms with Gasteiger partial charge < -0.3 is 14.6 Å². The maximum atomic E-state index is 11.2. The predicted molar refractivity (Wildman–Crippen MR) is 62.8 cm³/mol. The van der Waals surface area contributed by atoms with E-state index in [4.69, 9.17) is 14.6 Å². The van der Waals surface area contributed by atoms with Crippen LogP contribution in [0.25, 0.3) is 0 Å². The van der Waals surface area contributed by atoms with Crippen molar-refractivity contribution >= 4 is 12.1 Å². The van der Waals surface area contributed by atoms with Crippen molar-refractivity contribution < 1.29 is 24.2 Å². The molecule has 1 unspecified atom stereocenters. The van der Waals surface area contributed by atoms with Crippen LogP contribution in [0.3, 0.4) is 0 Å². The monoisotopic (exact) mass is 246 g/mol. The van der Waals surface area contributed by atoms with Crippen LogP contribution >= 0.6 is 0 Å². The standard InChI is InChI=1S/C12H22O5/c1-8(2)7-16-11(15)17-9(3)6-12(4,5)10(13)14/h8-9H,6-7H2,1-5H3,(H,13,14). The summed E-state index contributed by atoms with van der Waals surface area (Å²) in [5.74, 6) is -0.670. The zero-order chi connectivity index (χ0) is 13.6. The van der Waals surface area contributed by atoms with Gasteiger partial charge in [-0.05, 0) is 33.1 Å². The van der Waals surface area contributed by atoms with E-state index < -0.39 is 23.6 Å². The quantitative estimate of drug-likeness (QED) is 0.729. The van der Waals surface area contributed by atoms with E-state index >= 15 is 0 Å². The Balaban J connectivity index is 4.05. The molecule has 0 aliphatic rings. The summed E-state index contributed by atoms with van der Waals surface area (Å²) in [7, 11) is 0. The van der Waals surface area contributed by atoms with E-state index in [0.29, 0.717) is 6.61 Å². The molecule has 0 aromatic heterocycles. The van der Waals surface area contributed by atoms with Gasteiger partial charge >= 0.3 is 12.1 Å².